The van der Waals surface area contributed by atoms with Gasteiger partial charge >= 0.3 is 5.97 Å². The number of aromatic nitrogens is 1. The molecule has 3 rings (SSSR count). The van der Waals surface area contributed by atoms with Gasteiger partial charge in [-0.05, 0) is 46.6 Å². The normalized spacial score (nSPS) is 14.0. The number of benzene rings is 1. The van der Waals surface area contributed by atoms with Gasteiger partial charge in [0.1, 0.15) is 12.4 Å². The Morgan fingerprint density at radius 1 is 1.18 bits per heavy atom. The Balaban J connectivity index is 2.33. The van der Waals surface area contributed by atoms with Crippen LogP contribution in [0.4, 0.5) is 0 Å². The Hall–Kier alpha value is -2.52. The second-order valence-electron chi connectivity index (χ2n) is 6.62. The van der Waals surface area contributed by atoms with Crippen LogP contribution in [0.25, 0.3) is 11.1 Å². The van der Waals surface area contributed by atoms with Crippen LogP contribution in [0, 0.1) is 0 Å². The number of nitrogens with zero attached hydrogens (tertiary/aromatic N) is 1. The van der Waals surface area contributed by atoms with Crippen LogP contribution in [0.2, 0.25) is 0 Å². The van der Waals surface area contributed by atoms with E-state index in [1.165, 1.54) is 13.3 Å². The third-order valence-electron chi connectivity index (χ3n) is 5.03. The predicted molar refractivity (Wildman–Crippen MR) is 102 cm³/mol. The first-order chi connectivity index (χ1) is 13.6. The zero-order chi connectivity index (χ0) is 20.3. The van der Waals surface area contributed by atoms with Crippen molar-refractivity contribution in [2.75, 3.05) is 13.8 Å². The van der Waals surface area contributed by atoms with Gasteiger partial charge in [-0.15, -0.1) is 0 Å². The van der Waals surface area contributed by atoms with Gasteiger partial charge in [-0.1, -0.05) is 12.1 Å². The molecule has 0 saturated heterocycles. The van der Waals surface area contributed by atoms with Crippen LogP contribution >= 0.6 is 0 Å². The summed E-state index contributed by atoms with van der Waals surface area (Å²) in [7, 11) is 1.31. The van der Waals surface area contributed by atoms with Gasteiger partial charge < -0.3 is 30.1 Å². The molecule has 1 aliphatic carbocycles. The number of hydrogen-bond acceptors (Lipinski definition) is 7. The van der Waals surface area contributed by atoms with Crippen LogP contribution in [-0.2, 0) is 24.6 Å². The molecule has 0 radical (unpaired) electrons. The molecule has 0 aliphatic heterocycles. The molecule has 1 aliphatic rings. The Morgan fingerprint density at radius 3 is 2.43 bits per heavy atom. The van der Waals surface area contributed by atoms with Gasteiger partial charge in [0, 0.05) is 11.8 Å². The fourth-order valence-electron chi connectivity index (χ4n) is 3.60. The minimum atomic E-state index is -0.508. The Labute approximate surface area is 162 Å². The summed E-state index contributed by atoms with van der Waals surface area (Å²) in [6, 6.07) is 3.44. The van der Waals surface area contributed by atoms with Gasteiger partial charge in [-0.25, -0.2) is 4.79 Å². The number of methoxy groups -OCH3 is 1. The van der Waals surface area contributed by atoms with E-state index in [9.17, 15) is 20.1 Å². The molecule has 0 atom stereocenters. The number of aliphatic hydroxyl groups excluding tert-OH is 4. The maximum atomic E-state index is 12.3. The van der Waals surface area contributed by atoms with E-state index < -0.39 is 12.7 Å². The molecule has 0 spiro atoms. The van der Waals surface area contributed by atoms with Crippen molar-refractivity contribution in [1.29, 1.82) is 0 Å². The first kappa shape index (κ1) is 20.2. The molecule has 150 valence electrons. The lowest BCUT2D eigenvalue weighted by Gasteiger charge is -2.17. The van der Waals surface area contributed by atoms with Crippen molar-refractivity contribution < 1.29 is 30.0 Å². The highest BCUT2D eigenvalue weighted by Crippen LogP contribution is 2.48. The fraction of sp³-hybridized carbons (Fsp3) is 0.400. The number of esters is 1. The number of aliphatic imine (C=N–C) groups is 1. The van der Waals surface area contributed by atoms with E-state index in [0.717, 1.165) is 18.4 Å². The number of rotatable bonds is 8. The average Bonchev–Trinajstić information content (AvgIpc) is 3.50. The van der Waals surface area contributed by atoms with Gasteiger partial charge in [0.2, 0.25) is 0 Å². The van der Waals surface area contributed by atoms with Crippen molar-refractivity contribution >= 4 is 12.2 Å². The SMILES string of the molecule is COC(=O)c1[nH]c(C=NCO)c(-c2ccc(CO)c(CO)c2CO)c1C1CC1. The van der Waals surface area contributed by atoms with E-state index in [0.29, 0.717) is 39.2 Å². The second-order valence-corrected chi connectivity index (χ2v) is 6.62. The highest BCUT2D eigenvalue weighted by molar-refractivity contribution is 5.99. The van der Waals surface area contributed by atoms with Gasteiger partial charge in [0.05, 0.1) is 32.6 Å². The molecule has 2 aromatic rings. The average molecular weight is 388 g/mol. The molecule has 1 saturated carbocycles. The fourth-order valence-corrected chi connectivity index (χ4v) is 3.60. The quantitative estimate of drug-likeness (QED) is 0.340. The number of H-pyrrole nitrogens is 1. The van der Waals surface area contributed by atoms with Crippen molar-refractivity contribution in [3.05, 3.63) is 45.8 Å². The maximum absolute atomic E-state index is 12.3. The standard InChI is InChI=1S/C20H24N2O6/c1-28-20(27)19-17(11-2-3-11)18(16(22-19)6-21-10-26)13-5-4-12(7-23)14(8-24)15(13)9-25/h4-6,11,22-26H,2-3,7-10H2,1H3. The summed E-state index contributed by atoms with van der Waals surface area (Å²) in [5, 5.41) is 38.5. The first-order valence-corrected chi connectivity index (χ1v) is 9.02. The molecule has 0 bridgehead atoms. The smallest absolute Gasteiger partial charge is 0.354 e. The van der Waals surface area contributed by atoms with Crippen LogP contribution in [-0.4, -0.2) is 51.4 Å². The lowest BCUT2D eigenvalue weighted by atomic mass is 9.89. The van der Waals surface area contributed by atoms with E-state index >= 15 is 0 Å². The molecule has 8 nitrogen and oxygen atoms in total. The summed E-state index contributed by atoms with van der Waals surface area (Å²) in [5.41, 5.74) is 4.38. The minimum absolute atomic E-state index is 0.165. The Bertz CT molecular complexity index is 899. The number of hydrogen-bond donors (Lipinski definition) is 5. The van der Waals surface area contributed by atoms with Crippen LogP contribution in [0.1, 0.15) is 57.2 Å². The van der Waals surface area contributed by atoms with Crippen molar-refractivity contribution in [3.8, 4) is 11.1 Å². The topological polar surface area (TPSA) is 135 Å². The highest BCUT2D eigenvalue weighted by atomic mass is 16.5. The molecule has 0 amide bonds. The minimum Gasteiger partial charge on any atom is -0.464 e. The first-order valence-electron chi connectivity index (χ1n) is 9.02. The van der Waals surface area contributed by atoms with Gasteiger partial charge in [0.15, 0.2) is 0 Å². The van der Waals surface area contributed by atoms with E-state index in [2.05, 4.69) is 9.98 Å². The number of ether oxygens (including phenoxy) is 1. The lowest BCUT2D eigenvalue weighted by molar-refractivity contribution is 0.0593. The molecule has 1 fully saturated rings. The summed E-state index contributed by atoms with van der Waals surface area (Å²) in [6.07, 6.45) is 3.27. The molecule has 0 unspecified atom stereocenters. The van der Waals surface area contributed by atoms with Crippen LogP contribution in [0.5, 0.6) is 0 Å². The van der Waals surface area contributed by atoms with Crippen LogP contribution < -0.4 is 0 Å². The van der Waals surface area contributed by atoms with E-state index in [1.54, 1.807) is 12.1 Å². The second kappa shape index (κ2) is 8.66. The molecule has 1 heterocycles. The van der Waals surface area contributed by atoms with Crippen LogP contribution in [0.15, 0.2) is 17.1 Å². The van der Waals surface area contributed by atoms with Crippen molar-refractivity contribution in [1.82, 2.24) is 4.98 Å². The molecule has 8 heteroatoms. The van der Waals surface area contributed by atoms with Crippen molar-refractivity contribution in [2.24, 2.45) is 4.99 Å². The number of nitrogens with one attached hydrogen (secondary N) is 1. The summed E-state index contributed by atoms with van der Waals surface area (Å²) >= 11 is 0. The third kappa shape index (κ3) is 3.59. The summed E-state index contributed by atoms with van der Waals surface area (Å²) in [4.78, 5) is 19.3. The van der Waals surface area contributed by atoms with Crippen molar-refractivity contribution in [2.45, 2.75) is 38.6 Å². The lowest BCUT2D eigenvalue weighted by Crippen LogP contribution is -2.06. The largest absolute Gasteiger partial charge is 0.464 e. The van der Waals surface area contributed by atoms with E-state index in [1.807, 2.05) is 0 Å². The van der Waals surface area contributed by atoms with Gasteiger partial charge in [-0.3, -0.25) is 4.99 Å². The van der Waals surface area contributed by atoms with Crippen LogP contribution in [0.3, 0.4) is 0 Å². The molecular weight excluding hydrogens is 364 g/mol. The maximum Gasteiger partial charge on any atom is 0.354 e. The summed E-state index contributed by atoms with van der Waals surface area (Å²) < 4.78 is 4.92. The molecular formula is C20H24N2O6. The number of aromatic amines is 1. The molecule has 1 aromatic carbocycles. The van der Waals surface area contributed by atoms with E-state index in [-0.39, 0.29) is 25.7 Å². The Morgan fingerprint density at radius 2 is 1.89 bits per heavy atom. The molecule has 1 aromatic heterocycles. The zero-order valence-corrected chi connectivity index (χ0v) is 15.6. The number of carbonyl (C=O) groups is 1. The summed E-state index contributed by atoms with van der Waals surface area (Å²) in [6.45, 7) is -1.37. The highest BCUT2D eigenvalue weighted by Gasteiger charge is 2.35. The van der Waals surface area contributed by atoms with Crippen molar-refractivity contribution in [3.63, 3.8) is 0 Å². The third-order valence-corrected chi connectivity index (χ3v) is 5.03. The molecule has 28 heavy (non-hydrogen) atoms. The van der Waals surface area contributed by atoms with Gasteiger partial charge in [-0.2, -0.15) is 0 Å². The monoisotopic (exact) mass is 388 g/mol. The van der Waals surface area contributed by atoms with Gasteiger partial charge in [0.25, 0.3) is 0 Å². The number of aliphatic hydroxyl groups is 4. The molecule has 5 N–H and O–H groups in total. The predicted octanol–water partition coefficient (Wildman–Crippen LogP) is 1.19. The summed E-state index contributed by atoms with van der Waals surface area (Å²) in [5.74, 6) is -0.343. The van der Waals surface area contributed by atoms with E-state index in [4.69, 9.17) is 9.84 Å². The number of carbonyl (C=O) groups excluding carboxylic acids is 1. The Kier molecular flexibility index (Phi) is 6.25. The zero-order valence-electron chi connectivity index (χ0n) is 15.6.